The van der Waals surface area contributed by atoms with Crippen LogP contribution in [0, 0.1) is 5.82 Å². The molecule has 4 aromatic rings. The number of hydrogen-bond acceptors (Lipinski definition) is 3. The first-order valence-electron chi connectivity index (χ1n) is 9.66. The van der Waals surface area contributed by atoms with Crippen LogP contribution in [0.4, 0.5) is 4.39 Å². The average molecular weight is 401 g/mol. The second kappa shape index (κ2) is 8.29. The van der Waals surface area contributed by atoms with Gasteiger partial charge in [0.1, 0.15) is 11.5 Å². The molecule has 2 aromatic heterocycles. The van der Waals surface area contributed by atoms with Gasteiger partial charge in [0, 0.05) is 34.8 Å². The lowest BCUT2D eigenvalue weighted by Crippen LogP contribution is -2.12. The van der Waals surface area contributed by atoms with Crippen LogP contribution in [0.3, 0.4) is 0 Å². The van der Waals surface area contributed by atoms with E-state index in [0.717, 1.165) is 27.9 Å². The Morgan fingerprint density at radius 3 is 2.53 bits per heavy atom. The SMILES string of the molecule is NC(=O)c1cccc(C(=O)CCCc2cnc3[nH]c(-c4ccc(F)cc4)cc3c2)c1. The third kappa shape index (κ3) is 4.27. The molecule has 4 rings (SSSR count). The lowest BCUT2D eigenvalue weighted by atomic mass is 10.0. The van der Waals surface area contributed by atoms with Gasteiger partial charge < -0.3 is 10.7 Å². The number of benzene rings is 2. The number of aromatic nitrogens is 2. The molecule has 0 saturated heterocycles. The van der Waals surface area contributed by atoms with E-state index >= 15 is 0 Å². The van der Waals surface area contributed by atoms with Crippen molar-refractivity contribution in [2.45, 2.75) is 19.3 Å². The van der Waals surface area contributed by atoms with Crippen molar-refractivity contribution < 1.29 is 14.0 Å². The summed E-state index contributed by atoms with van der Waals surface area (Å²) >= 11 is 0. The Labute approximate surface area is 172 Å². The summed E-state index contributed by atoms with van der Waals surface area (Å²) < 4.78 is 13.1. The number of pyridine rings is 1. The van der Waals surface area contributed by atoms with E-state index in [1.807, 2.05) is 12.1 Å². The van der Waals surface area contributed by atoms with Crippen LogP contribution in [0.25, 0.3) is 22.3 Å². The van der Waals surface area contributed by atoms with Crippen LogP contribution in [-0.2, 0) is 6.42 Å². The van der Waals surface area contributed by atoms with Gasteiger partial charge in [-0.1, -0.05) is 12.1 Å². The topological polar surface area (TPSA) is 88.8 Å². The number of H-pyrrole nitrogens is 1. The molecule has 0 fully saturated rings. The summed E-state index contributed by atoms with van der Waals surface area (Å²) in [6.45, 7) is 0. The summed E-state index contributed by atoms with van der Waals surface area (Å²) in [5, 5.41) is 0.965. The summed E-state index contributed by atoms with van der Waals surface area (Å²) in [6, 6.07) is 16.8. The summed E-state index contributed by atoms with van der Waals surface area (Å²) in [4.78, 5) is 31.4. The molecule has 0 aliphatic heterocycles. The first kappa shape index (κ1) is 19.5. The highest BCUT2D eigenvalue weighted by molar-refractivity contribution is 6.00. The normalized spacial score (nSPS) is 11.0. The van der Waals surface area contributed by atoms with Gasteiger partial charge in [-0.05, 0) is 72.5 Å². The van der Waals surface area contributed by atoms with E-state index in [2.05, 4.69) is 9.97 Å². The smallest absolute Gasteiger partial charge is 0.248 e. The highest BCUT2D eigenvalue weighted by Gasteiger charge is 2.10. The zero-order valence-corrected chi connectivity index (χ0v) is 16.2. The van der Waals surface area contributed by atoms with Gasteiger partial charge in [0.05, 0.1) is 0 Å². The molecule has 3 N–H and O–H groups in total. The maximum absolute atomic E-state index is 13.1. The molecule has 2 heterocycles. The minimum Gasteiger partial charge on any atom is -0.366 e. The van der Waals surface area contributed by atoms with Crippen molar-refractivity contribution in [1.29, 1.82) is 0 Å². The molecule has 0 aliphatic carbocycles. The molecule has 150 valence electrons. The number of carbonyl (C=O) groups is 2. The number of aromatic amines is 1. The van der Waals surface area contributed by atoms with Crippen molar-refractivity contribution in [3.63, 3.8) is 0 Å². The number of amides is 1. The van der Waals surface area contributed by atoms with E-state index in [9.17, 15) is 14.0 Å². The third-order valence-corrected chi connectivity index (χ3v) is 5.02. The number of fused-ring (bicyclic) bond motifs is 1. The van der Waals surface area contributed by atoms with Gasteiger partial charge in [-0.25, -0.2) is 9.37 Å². The van der Waals surface area contributed by atoms with Crippen LogP contribution in [0.5, 0.6) is 0 Å². The number of rotatable bonds is 7. The molecule has 0 aliphatic rings. The van der Waals surface area contributed by atoms with Crippen LogP contribution < -0.4 is 5.73 Å². The van der Waals surface area contributed by atoms with Crippen molar-refractivity contribution in [3.8, 4) is 11.3 Å². The number of primary amides is 1. The van der Waals surface area contributed by atoms with Gasteiger partial charge in [0.15, 0.2) is 5.78 Å². The van der Waals surface area contributed by atoms with E-state index in [4.69, 9.17) is 5.73 Å². The van der Waals surface area contributed by atoms with E-state index in [1.165, 1.54) is 18.2 Å². The predicted octanol–water partition coefficient (Wildman–Crippen LogP) is 4.67. The van der Waals surface area contributed by atoms with Crippen molar-refractivity contribution in [3.05, 3.63) is 89.4 Å². The van der Waals surface area contributed by atoms with Crippen LogP contribution in [0.2, 0.25) is 0 Å². The van der Waals surface area contributed by atoms with E-state index in [0.29, 0.717) is 30.4 Å². The maximum Gasteiger partial charge on any atom is 0.248 e. The van der Waals surface area contributed by atoms with Crippen molar-refractivity contribution in [2.24, 2.45) is 5.73 Å². The summed E-state index contributed by atoms with van der Waals surface area (Å²) in [7, 11) is 0. The summed E-state index contributed by atoms with van der Waals surface area (Å²) in [5.41, 5.74) is 9.66. The fourth-order valence-corrected chi connectivity index (χ4v) is 3.43. The Morgan fingerprint density at radius 2 is 1.77 bits per heavy atom. The zero-order valence-electron chi connectivity index (χ0n) is 16.2. The Morgan fingerprint density at radius 1 is 1.00 bits per heavy atom. The van der Waals surface area contributed by atoms with Gasteiger partial charge in [0.2, 0.25) is 5.91 Å². The molecule has 2 aromatic carbocycles. The molecule has 30 heavy (non-hydrogen) atoms. The lowest BCUT2D eigenvalue weighted by molar-refractivity contribution is 0.0980. The molecule has 0 saturated carbocycles. The first-order valence-corrected chi connectivity index (χ1v) is 9.66. The number of ketones is 1. The largest absolute Gasteiger partial charge is 0.366 e. The molecular weight excluding hydrogens is 381 g/mol. The summed E-state index contributed by atoms with van der Waals surface area (Å²) in [6.07, 6.45) is 3.54. The minimum absolute atomic E-state index is 0.0209. The van der Waals surface area contributed by atoms with Crippen molar-refractivity contribution in [2.75, 3.05) is 0 Å². The number of hydrogen-bond donors (Lipinski definition) is 2. The van der Waals surface area contributed by atoms with Crippen LogP contribution in [0.15, 0.2) is 66.9 Å². The molecule has 0 spiro atoms. The van der Waals surface area contributed by atoms with Crippen LogP contribution >= 0.6 is 0 Å². The second-order valence-corrected chi connectivity index (χ2v) is 7.19. The molecule has 0 bridgehead atoms. The minimum atomic E-state index is -0.546. The quantitative estimate of drug-likeness (QED) is 0.441. The highest BCUT2D eigenvalue weighted by atomic mass is 19.1. The van der Waals surface area contributed by atoms with Crippen LogP contribution in [0.1, 0.15) is 39.1 Å². The maximum atomic E-state index is 13.1. The number of nitrogens with one attached hydrogen (secondary N) is 1. The number of aryl methyl sites for hydroxylation is 1. The molecule has 0 unspecified atom stereocenters. The number of nitrogens with zero attached hydrogens (tertiary/aromatic N) is 1. The van der Waals surface area contributed by atoms with Gasteiger partial charge in [-0.3, -0.25) is 9.59 Å². The zero-order chi connectivity index (χ0) is 21.1. The van der Waals surface area contributed by atoms with E-state index in [-0.39, 0.29) is 11.6 Å². The summed E-state index contributed by atoms with van der Waals surface area (Å²) in [5.74, 6) is -0.839. The molecular formula is C24H20FN3O2. The fourth-order valence-electron chi connectivity index (χ4n) is 3.43. The Hall–Kier alpha value is -3.80. The highest BCUT2D eigenvalue weighted by Crippen LogP contribution is 2.24. The van der Waals surface area contributed by atoms with Crippen LogP contribution in [-0.4, -0.2) is 21.7 Å². The Balaban J connectivity index is 1.42. The van der Waals surface area contributed by atoms with Gasteiger partial charge in [-0.15, -0.1) is 0 Å². The van der Waals surface area contributed by atoms with Crippen molar-refractivity contribution in [1.82, 2.24) is 9.97 Å². The number of nitrogens with two attached hydrogens (primary N) is 1. The molecule has 5 nitrogen and oxygen atoms in total. The standard InChI is InChI=1S/C24H20FN3O2/c25-20-9-7-16(8-10-20)21-13-19-11-15(14-27-24(19)28-21)3-1-6-22(29)17-4-2-5-18(12-17)23(26)30/h2,4-5,7-14H,1,3,6H2,(H2,26,30)(H,27,28). The van der Waals surface area contributed by atoms with Crippen molar-refractivity contribution >= 4 is 22.7 Å². The molecule has 6 heteroatoms. The van der Waals surface area contributed by atoms with Gasteiger partial charge in [0.25, 0.3) is 0 Å². The second-order valence-electron chi connectivity index (χ2n) is 7.19. The third-order valence-electron chi connectivity index (χ3n) is 5.02. The Bertz CT molecular complexity index is 1230. The number of halogens is 1. The first-order chi connectivity index (χ1) is 14.5. The predicted molar refractivity (Wildman–Crippen MR) is 114 cm³/mol. The van der Waals surface area contributed by atoms with Gasteiger partial charge in [-0.2, -0.15) is 0 Å². The molecule has 1 amide bonds. The fraction of sp³-hybridized carbons (Fsp3) is 0.125. The molecule has 0 radical (unpaired) electrons. The number of carbonyl (C=O) groups excluding carboxylic acids is 2. The number of Topliss-reactive ketones (excluding diaryl/α,β-unsaturated/α-hetero) is 1. The Kier molecular flexibility index (Phi) is 5.39. The van der Waals surface area contributed by atoms with E-state index in [1.54, 1.807) is 36.5 Å². The lowest BCUT2D eigenvalue weighted by Gasteiger charge is -2.04. The molecule has 0 atom stereocenters. The monoisotopic (exact) mass is 401 g/mol. The van der Waals surface area contributed by atoms with Gasteiger partial charge >= 0.3 is 0 Å². The average Bonchev–Trinajstić information content (AvgIpc) is 3.17. The van der Waals surface area contributed by atoms with E-state index < -0.39 is 5.91 Å².